The van der Waals surface area contributed by atoms with Gasteiger partial charge in [0.05, 0.1) is 26.3 Å². The van der Waals surface area contributed by atoms with Crippen LogP contribution in [0.3, 0.4) is 0 Å². The normalized spacial score (nSPS) is 13.2. The van der Waals surface area contributed by atoms with Crippen LogP contribution in [0.5, 0.6) is 11.5 Å². The Kier molecular flexibility index (Phi) is 3.34. The van der Waals surface area contributed by atoms with Gasteiger partial charge in [-0.3, -0.25) is 9.78 Å². The lowest BCUT2D eigenvalue weighted by atomic mass is 10.1. The molecule has 1 aliphatic heterocycles. The van der Waals surface area contributed by atoms with Gasteiger partial charge in [0, 0.05) is 22.8 Å². The number of ether oxygens (including phenoxy) is 2. The first-order chi connectivity index (χ1) is 11.7. The first-order valence-corrected chi connectivity index (χ1v) is 7.63. The molecule has 0 saturated carbocycles. The van der Waals surface area contributed by atoms with Crippen molar-refractivity contribution in [1.29, 1.82) is 0 Å². The molecule has 0 bridgehead atoms. The van der Waals surface area contributed by atoms with Gasteiger partial charge in [-0.1, -0.05) is 6.07 Å². The lowest BCUT2D eigenvalue weighted by Crippen LogP contribution is -2.22. The molecule has 0 unspecified atom stereocenters. The predicted octanol–water partition coefficient (Wildman–Crippen LogP) is 3.41. The van der Waals surface area contributed by atoms with Gasteiger partial charge in [0.15, 0.2) is 11.5 Å². The highest BCUT2D eigenvalue weighted by Gasteiger charge is 2.30. The standard InChI is InChI=1S/C19H16N2O3/c1-23-17-9-13-11-21(19(22)15(13)10-18(17)24-2)14-5-6-16-12(8-14)4-3-7-20-16/h3-10H,11H2,1-2H3. The zero-order valence-corrected chi connectivity index (χ0v) is 13.4. The molecule has 1 amide bonds. The van der Waals surface area contributed by atoms with Crippen LogP contribution in [0.15, 0.2) is 48.7 Å². The maximum absolute atomic E-state index is 12.8. The van der Waals surface area contributed by atoms with Crippen LogP contribution < -0.4 is 14.4 Å². The number of carbonyl (C=O) groups is 1. The molecule has 0 radical (unpaired) electrons. The minimum Gasteiger partial charge on any atom is -0.493 e. The van der Waals surface area contributed by atoms with E-state index in [2.05, 4.69) is 4.98 Å². The van der Waals surface area contributed by atoms with Gasteiger partial charge in [-0.15, -0.1) is 0 Å². The summed E-state index contributed by atoms with van der Waals surface area (Å²) in [6, 6.07) is 13.3. The van der Waals surface area contributed by atoms with Crippen molar-refractivity contribution < 1.29 is 14.3 Å². The molecule has 24 heavy (non-hydrogen) atoms. The first-order valence-electron chi connectivity index (χ1n) is 7.63. The Morgan fingerprint density at radius 1 is 1.04 bits per heavy atom. The van der Waals surface area contributed by atoms with Crippen LogP contribution in [0.2, 0.25) is 0 Å². The highest BCUT2D eigenvalue weighted by molar-refractivity contribution is 6.11. The van der Waals surface area contributed by atoms with Crippen molar-refractivity contribution >= 4 is 22.5 Å². The second kappa shape index (κ2) is 5.53. The number of anilines is 1. The van der Waals surface area contributed by atoms with E-state index in [-0.39, 0.29) is 5.91 Å². The first kappa shape index (κ1) is 14.5. The third-order valence-electron chi connectivity index (χ3n) is 4.31. The van der Waals surface area contributed by atoms with Crippen molar-refractivity contribution in [3.8, 4) is 11.5 Å². The number of nitrogens with zero attached hydrogens (tertiary/aromatic N) is 2. The third-order valence-corrected chi connectivity index (χ3v) is 4.31. The highest BCUT2D eigenvalue weighted by Crippen LogP contribution is 2.37. The van der Waals surface area contributed by atoms with Gasteiger partial charge < -0.3 is 14.4 Å². The third kappa shape index (κ3) is 2.17. The average Bonchev–Trinajstić information content (AvgIpc) is 2.96. The molecule has 5 nitrogen and oxygen atoms in total. The Morgan fingerprint density at radius 3 is 2.62 bits per heavy atom. The van der Waals surface area contributed by atoms with Crippen LogP contribution in [-0.2, 0) is 6.54 Å². The maximum Gasteiger partial charge on any atom is 0.259 e. The number of rotatable bonds is 3. The molecule has 5 heteroatoms. The van der Waals surface area contributed by atoms with Gasteiger partial charge in [-0.2, -0.15) is 0 Å². The van der Waals surface area contributed by atoms with E-state index in [9.17, 15) is 4.79 Å². The Balaban J connectivity index is 1.76. The lowest BCUT2D eigenvalue weighted by molar-refractivity contribution is 0.0996. The predicted molar refractivity (Wildman–Crippen MR) is 91.8 cm³/mol. The maximum atomic E-state index is 12.8. The second-order valence-corrected chi connectivity index (χ2v) is 5.64. The van der Waals surface area contributed by atoms with Crippen molar-refractivity contribution in [2.45, 2.75) is 6.54 Å². The van der Waals surface area contributed by atoms with E-state index in [0.717, 1.165) is 22.2 Å². The summed E-state index contributed by atoms with van der Waals surface area (Å²) in [5, 5.41) is 1.01. The van der Waals surface area contributed by atoms with Gasteiger partial charge in [0.2, 0.25) is 0 Å². The summed E-state index contributed by atoms with van der Waals surface area (Å²) in [7, 11) is 3.16. The van der Waals surface area contributed by atoms with E-state index in [1.807, 2.05) is 36.4 Å². The molecular formula is C19H16N2O3. The molecule has 1 aromatic heterocycles. The van der Waals surface area contributed by atoms with Crippen LogP contribution in [0.4, 0.5) is 5.69 Å². The van der Waals surface area contributed by atoms with E-state index >= 15 is 0 Å². The molecular weight excluding hydrogens is 304 g/mol. The molecule has 2 aromatic carbocycles. The molecule has 0 spiro atoms. The van der Waals surface area contributed by atoms with E-state index in [1.54, 1.807) is 31.4 Å². The summed E-state index contributed by atoms with van der Waals surface area (Å²) in [4.78, 5) is 18.9. The van der Waals surface area contributed by atoms with Crippen LogP contribution in [-0.4, -0.2) is 25.1 Å². The summed E-state index contributed by atoms with van der Waals surface area (Å²) < 4.78 is 10.6. The molecule has 0 fully saturated rings. The molecule has 0 saturated heterocycles. The minimum absolute atomic E-state index is 0.0332. The van der Waals surface area contributed by atoms with Crippen LogP contribution in [0, 0.1) is 0 Å². The van der Waals surface area contributed by atoms with Gasteiger partial charge >= 0.3 is 0 Å². The number of aromatic nitrogens is 1. The second-order valence-electron chi connectivity index (χ2n) is 5.64. The van der Waals surface area contributed by atoms with Crippen molar-refractivity contribution in [3.05, 3.63) is 59.8 Å². The number of pyridine rings is 1. The molecule has 2 heterocycles. The zero-order chi connectivity index (χ0) is 16.7. The van der Waals surface area contributed by atoms with E-state index in [0.29, 0.717) is 23.6 Å². The van der Waals surface area contributed by atoms with Crippen molar-refractivity contribution in [2.24, 2.45) is 0 Å². The fraction of sp³-hybridized carbons (Fsp3) is 0.158. The number of methoxy groups -OCH3 is 2. The number of amides is 1. The topological polar surface area (TPSA) is 51.7 Å². The van der Waals surface area contributed by atoms with E-state index in [4.69, 9.17) is 9.47 Å². The summed E-state index contributed by atoms with van der Waals surface area (Å²) in [5.41, 5.74) is 3.35. The number of carbonyl (C=O) groups excluding carboxylic acids is 1. The molecule has 120 valence electrons. The summed E-state index contributed by atoms with van der Waals surface area (Å²) in [6.45, 7) is 0.514. The molecule has 3 aromatic rings. The number of fused-ring (bicyclic) bond motifs is 2. The monoisotopic (exact) mass is 320 g/mol. The number of benzene rings is 2. The largest absolute Gasteiger partial charge is 0.493 e. The Labute approximate surface area is 139 Å². The smallest absolute Gasteiger partial charge is 0.259 e. The fourth-order valence-corrected chi connectivity index (χ4v) is 3.08. The Hall–Kier alpha value is -3.08. The van der Waals surface area contributed by atoms with Crippen molar-refractivity contribution in [2.75, 3.05) is 19.1 Å². The Bertz CT molecular complexity index is 952. The molecule has 1 aliphatic rings. The van der Waals surface area contributed by atoms with Crippen LogP contribution in [0.1, 0.15) is 15.9 Å². The highest BCUT2D eigenvalue weighted by atomic mass is 16.5. The van der Waals surface area contributed by atoms with Gasteiger partial charge in [0.1, 0.15) is 0 Å². The fourth-order valence-electron chi connectivity index (χ4n) is 3.08. The molecule has 0 N–H and O–H groups in total. The number of hydrogen-bond acceptors (Lipinski definition) is 4. The minimum atomic E-state index is -0.0332. The summed E-state index contributed by atoms with van der Waals surface area (Å²) in [6.07, 6.45) is 1.76. The summed E-state index contributed by atoms with van der Waals surface area (Å²) in [5.74, 6) is 1.16. The van der Waals surface area contributed by atoms with E-state index in [1.165, 1.54) is 0 Å². The van der Waals surface area contributed by atoms with Gasteiger partial charge in [0.25, 0.3) is 5.91 Å². The Morgan fingerprint density at radius 2 is 1.83 bits per heavy atom. The van der Waals surface area contributed by atoms with Gasteiger partial charge in [-0.25, -0.2) is 0 Å². The lowest BCUT2D eigenvalue weighted by Gasteiger charge is -2.16. The molecule has 0 atom stereocenters. The molecule has 4 rings (SSSR count). The number of hydrogen-bond donors (Lipinski definition) is 0. The average molecular weight is 320 g/mol. The molecule has 0 aliphatic carbocycles. The van der Waals surface area contributed by atoms with Gasteiger partial charge in [-0.05, 0) is 42.0 Å². The van der Waals surface area contributed by atoms with Crippen molar-refractivity contribution in [3.63, 3.8) is 0 Å². The van der Waals surface area contributed by atoms with E-state index < -0.39 is 0 Å². The van der Waals surface area contributed by atoms with Crippen molar-refractivity contribution in [1.82, 2.24) is 4.98 Å². The zero-order valence-electron chi connectivity index (χ0n) is 13.4. The van der Waals surface area contributed by atoms with Crippen LogP contribution >= 0.6 is 0 Å². The summed E-state index contributed by atoms with van der Waals surface area (Å²) >= 11 is 0. The SMILES string of the molecule is COc1cc2c(cc1OC)C(=O)N(c1ccc3ncccc3c1)C2. The quantitative estimate of drug-likeness (QED) is 0.742. The van der Waals surface area contributed by atoms with Crippen LogP contribution in [0.25, 0.3) is 10.9 Å².